The topological polar surface area (TPSA) is 55.8 Å². The van der Waals surface area contributed by atoms with Gasteiger partial charge in [0, 0.05) is 1.43 Å². The lowest BCUT2D eigenvalue weighted by atomic mass is 10.4. The molecule has 0 heterocycles. The highest BCUT2D eigenvalue weighted by atomic mass is 31.2. The van der Waals surface area contributed by atoms with Gasteiger partial charge in [0.1, 0.15) is 0 Å². The first-order valence-electron chi connectivity index (χ1n) is 4.74. The fraction of sp³-hybridized carbons (Fsp3) is 1.00. The Hall–Kier alpha value is 0.110. The zero-order valence-corrected chi connectivity index (χ0v) is 9.26. The fourth-order valence-electron chi connectivity index (χ4n) is 0.686. The van der Waals surface area contributed by atoms with Crippen molar-refractivity contribution in [3.8, 4) is 0 Å². The van der Waals surface area contributed by atoms with Crippen LogP contribution in [0.25, 0.3) is 0 Å². The molecular weight excluding hydrogens is 191 g/mol. The SMILES string of the molecule is CCCCOP(=O)(O)OCCCC.[H]. The summed E-state index contributed by atoms with van der Waals surface area (Å²) in [5.41, 5.74) is 0. The van der Waals surface area contributed by atoms with Crippen molar-refractivity contribution in [1.29, 1.82) is 0 Å². The highest BCUT2D eigenvalue weighted by Gasteiger charge is 2.19. The summed E-state index contributed by atoms with van der Waals surface area (Å²) in [4.78, 5) is 9.08. The maximum absolute atomic E-state index is 11.1. The number of hydrogen-bond donors (Lipinski definition) is 1. The van der Waals surface area contributed by atoms with Gasteiger partial charge in [-0.3, -0.25) is 9.05 Å². The predicted octanol–water partition coefficient (Wildman–Crippen LogP) is 2.83. The lowest BCUT2D eigenvalue weighted by Gasteiger charge is -2.10. The normalized spacial score (nSPS) is 11.9. The molecule has 4 nitrogen and oxygen atoms in total. The van der Waals surface area contributed by atoms with E-state index in [-0.39, 0.29) is 14.6 Å². The van der Waals surface area contributed by atoms with Crippen molar-refractivity contribution in [2.24, 2.45) is 0 Å². The van der Waals surface area contributed by atoms with E-state index in [1.165, 1.54) is 0 Å². The summed E-state index contributed by atoms with van der Waals surface area (Å²) in [6.07, 6.45) is 3.44. The van der Waals surface area contributed by atoms with Gasteiger partial charge in [0.2, 0.25) is 0 Å². The maximum Gasteiger partial charge on any atom is 0.472 e. The van der Waals surface area contributed by atoms with E-state index in [1.54, 1.807) is 0 Å². The van der Waals surface area contributed by atoms with Crippen LogP contribution in [0.15, 0.2) is 0 Å². The van der Waals surface area contributed by atoms with E-state index in [9.17, 15) is 4.57 Å². The van der Waals surface area contributed by atoms with E-state index in [4.69, 9.17) is 13.9 Å². The van der Waals surface area contributed by atoms with Gasteiger partial charge in [0.05, 0.1) is 13.2 Å². The first-order chi connectivity index (χ1) is 6.12. The fourth-order valence-corrected chi connectivity index (χ4v) is 1.48. The van der Waals surface area contributed by atoms with Crippen LogP contribution in [0.3, 0.4) is 0 Å². The molecule has 0 aliphatic heterocycles. The van der Waals surface area contributed by atoms with Gasteiger partial charge in [-0.1, -0.05) is 26.7 Å². The minimum Gasteiger partial charge on any atom is -0.302 e. The zero-order chi connectivity index (χ0) is 10.2. The van der Waals surface area contributed by atoms with Crippen LogP contribution in [-0.2, 0) is 13.6 Å². The maximum atomic E-state index is 11.1. The third kappa shape index (κ3) is 8.44. The summed E-state index contributed by atoms with van der Waals surface area (Å²) in [7, 11) is -3.75. The molecule has 1 N–H and O–H groups in total. The molecule has 0 aromatic heterocycles. The molecule has 81 valence electrons. The number of phosphoric acid groups is 1. The standard InChI is InChI=1S/C8H19O4P.H/c1-3-5-7-11-13(9,10)12-8-6-4-2;/h3-8H2,1-2H3,(H,9,10);. The minimum atomic E-state index is -3.75. The number of unbranched alkanes of at least 4 members (excludes halogenated alkanes) is 2. The Labute approximate surface area is 81.3 Å². The number of rotatable bonds is 8. The van der Waals surface area contributed by atoms with Crippen molar-refractivity contribution in [2.75, 3.05) is 13.2 Å². The summed E-state index contributed by atoms with van der Waals surface area (Å²) in [6.45, 7) is 4.56. The lowest BCUT2D eigenvalue weighted by Crippen LogP contribution is -1.98. The molecule has 0 saturated carbocycles. The Balaban J connectivity index is 0. The quantitative estimate of drug-likeness (QED) is 0.495. The van der Waals surface area contributed by atoms with E-state index < -0.39 is 7.82 Å². The van der Waals surface area contributed by atoms with Crippen molar-refractivity contribution < 1.29 is 19.9 Å². The molecule has 5 heteroatoms. The van der Waals surface area contributed by atoms with E-state index in [1.807, 2.05) is 13.8 Å². The largest absolute Gasteiger partial charge is 0.472 e. The monoisotopic (exact) mass is 211 g/mol. The molecule has 0 spiro atoms. The smallest absolute Gasteiger partial charge is 0.302 e. The number of phosphoric ester groups is 1. The van der Waals surface area contributed by atoms with E-state index in [0.717, 1.165) is 25.7 Å². The Morgan fingerprint density at radius 3 is 1.85 bits per heavy atom. The van der Waals surface area contributed by atoms with E-state index in [0.29, 0.717) is 0 Å². The van der Waals surface area contributed by atoms with Gasteiger partial charge in [-0.2, -0.15) is 0 Å². The molecule has 0 atom stereocenters. The van der Waals surface area contributed by atoms with Gasteiger partial charge in [0.15, 0.2) is 0 Å². The molecule has 0 saturated heterocycles. The molecule has 0 bridgehead atoms. The van der Waals surface area contributed by atoms with Crippen molar-refractivity contribution in [3.63, 3.8) is 0 Å². The van der Waals surface area contributed by atoms with Gasteiger partial charge >= 0.3 is 7.82 Å². The number of hydrogen-bond acceptors (Lipinski definition) is 3. The average molecular weight is 211 g/mol. The summed E-state index contributed by atoms with van der Waals surface area (Å²) < 4.78 is 20.5. The molecule has 0 unspecified atom stereocenters. The molecule has 0 fully saturated rings. The second-order valence-electron chi connectivity index (χ2n) is 2.84. The predicted molar refractivity (Wildman–Crippen MR) is 52.7 cm³/mol. The third-order valence-electron chi connectivity index (χ3n) is 1.50. The highest BCUT2D eigenvalue weighted by molar-refractivity contribution is 7.47. The van der Waals surface area contributed by atoms with Crippen molar-refractivity contribution in [1.82, 2.24) is 0 Å². The first-order valence-corrected chi connectivity index (χ1v) is 6.23. The summed E-state index contributed by atoms with van der Waals surface area (Å²) >= 11 is 0. The second-order valence-corrected chi connectivity index (χ2v) is 4.30. The second kappa shape index (κ2) is 7.51. The molecule has 0 rings (SSSR count). The van der Waals surface area contributed by atoms with Gasteiger partial charge < -0.3 is 4.89 Å². The van der Waals surface area contributed by atoms with Crippen molar-refractivity contribution in [2.45, 2.75) is 39.5 Å². The molecule has 1 radical (unpaired) electrons. The van der Waals surface area contributed by atoms with Crippen LogP contribution in [-0.4, -0.2) is 18.1 Å². The van der Waals surface area contributed by atoms with E-state index >= 15 is 0 Å². The van der Waals surface area contributed by atoms with E-state index in [2.05, 4.69) is 0 Å². The third-order valence-corrected chi connectivity index (χ3v) is 2.52. The van der Waals surface area contributed by atoms with Crippen molar-refractivity contribution >= 4 is 7.82 Å². The van der Waals surface area contributed by atoms with Crippen LogP contribution in [0.4, 0.5) is 0 Å². The lowest BCUT2D eigenvalue weighted by molar-refractivity contribution is 0.146. The zero-order valence-electron chi connectivity index (χ0n) is 9.36. The molecule has 0 aromatic rings. The Kier molecular flexibility index (Phi) is 7.57. The highest BCUT2D eigenvalue weighted by Crippen LogP contribution is 2.43. The van der Waals surface area contributed by atoms with Crippen LogP contribution < -0.4 is 0 Å². The van der Waals surface area contributed by atoms with Gasteiger partial charge in [0.25, 0.3) is 0 Å². The molecule has 0 aliphatic carbocycles. The molecule has 13 heavy (non-hydrogen) atoms. The molecule has 0 aliphatic rings. The van der Waals surface area contributed by atoms with Crippen LogP contribution in [0, 0.1) is 0 Å². The molecule has 0 aromatic carbocycles. The van der Waals surface area contributed by atoms with Crippen LogP contribution in [0.5, 0.6) is 0 Å². The van der Waals surface area contributed by atoms with Crippen molar-refractivity contribution in [3.05, 3.63) is 0 Å². The van der Waals surface area contributed by atoms with Gasteiger partial charge in [-0.05, 0) is 12.8 Å². The van der Waals surface area contributed by atoms with Gasteiger partial charge in [-0.25, -0.2) is 4.57 Å². The first kappa shape index (κ1) is 13.1. The summed E-state index contributed by atoms with van der Waals surface area (Å²) in [6, 6.07) is 0. The van der Waals surface area contributed by atoms with Crippen LogP contribution >= 0.6 is 7.82 Å². The average Bonchev–Trinajstić information content (AvgIpc) is 2.05. The Morgan fingerprint density at radius 1 is 1.15 bits per heavy atom. The molecule has 0 amide bonds. The van der Waals surface area contributed by atoms with Crippen LogP contribution in [0.2, 0.25) is 0 Å². The summed E-state index contributed by atoms with van der Waals surface area (Å²) in [5, 5.41) is 0. The van der Waals surface area contributed by atoms with Crippen LogP contribution in [0.1, 0.15) is 41.0 Å². The Morgan fingerprint density at radius 2 is 1.54 bits per heavy atom. The summed E-state index contributed by atoms with van der Waals surface area (Å²) in [5.74, 6) is 0. The van der Waals surface area contributed by atoms with Gasteiger partial charge in [-0.15, -0.1) is 0 Å². The molecular formula is C8H20O4P. The minimum absolute atomic E-state index is 0. The Bertz CT molecular complexity index is 151.